The standard InChI is InChI=1S/C9H13N5/c1-7(8-3-11-13(2)5-8)14-6-9(10)4-12-14/h3-7H,10H2,1-2H3/t7-/m0/s1. The fourth-order valence-corrected chi connectivity index (χ4v) is 1.37. The molecule has 0 saturated carbocycles. The van der Waals surface area contributed by atoms with Crippen LogP contribution in [0.1, 0.15) is 18.5 Å². The Labute approximate surface area is 82.1 Å². The maximum absolute atomic E-state index is 5.60. The van der Waals surface area contributed by atoms with Gasteiger partial charge in [0.2, 0.25) is 0 Å². The van der Waals surface area contributed by atoms with Crippen LogP contribution in [0.15, 0.2) is 24.8 Å². The van der Waals surface area contributed by atoms with Crippen LogP contribution in [0.2, 0.25) is 0 Å². The number of nitrogen functional groups attached to an aromatic ring is 1. The normalized spacial score (nSPS) is 13.0. The summed E-state index contributed by atoms with van der Waals surface area (Å²) >= 11 is 0. The predicted octanol–water partition coefficient (Wildman–Crippen LogP) is 0.808. The topological polar surface area (TPSA) is 61.7 Å². The first-order valence-corrected chi connectivity index (χ1v) is 4.45. The molecule has 0 aromatic carbocycles. The SMILES string of the molecule is C[C@@H](c1cnn(C)c1)n1cc(N)cn1. The van der Waals surface area contributed by atoms with Crippen LogP contribution in [0.3, 0.4) is 0 Å². The van der Waals surface area contributed by atoms with E-state index in [-0.39, 0.29) is 6.04 Å². The number of rotatable bonds is 2. The molecule has 2 aromatic rings. The number of anilines is 1. The van der Waals surface area contributed by atoms with Crippen molar-refractivity contribution < 1.29 is 0 Å². The van der Waals surface area contributed by atoms with Crippen LogP contribution in [0.4, 0.5) is 5.69 Å². The van der Waals surface area contributed by atoms with Crippen molar-refractivity contribution in [2.45, 2.75) is 13.0 Å². The summed E-state index contributed by atoms with van der Waals surface area (Å²) in [7, 11) is 1.90. The molecular weight excluding hydrogens is 178 g/mol. The summed E-state index contributed by atoms with van der Waals surface area (Å²) in [5.74, 6) is 0. The van der Waals surface area contributed by atoms with Crippen molar-refractivity contribution >= 4 is 5.69 Å². The van der Waals surface area contributed by atoms with Crippen molar-refractivity contribution in [3.8, 4) is 0 Å². The first-order chi connectivity index (χ1) is 6.66. The number of nitrogens with zero attached hydrogens (tertiary/aromatic N) is 4. The largest absolute Gasteiger partial charge is 0.396 e. The van der Waals surface area contributed by atoms with Crippen molar-refractivity contribution in [2.75, 3.05) is 5.73 Å². The molecule has 0 aliphatic heterocycles. The van der Waals surface area contributed by atoms with E-state index >= 15 is 0 Å². The molecule has 0 radical (unpaired) electrons. The number of nitrogens with two attached hydrogens (primary N) is 1. The van der Waals surface area contributed by atoms with Crippen LogP contribution in [0.25, 0.3) is 0 Å². The third-order valence-electron chi connectivity index (χ3n) is 2.23. The van der Waals surface area contributed by atoms with E-state index in [1.165, 1.54) is 0 Å². The number of hydrogen-bond acceptors (Lipinski definition) is 3. The zero-order valence-corrected chi connectivity index (χ0v) is 8.25. The smallest absolute Gasteiger partial charge is 0.0771 e. The van der Waals surface area contributed by atoms with Crippen molar-refractivity contribution in [3.05, 3.63) is 30.4 Å². The Hall–Kier alpha value is -1.78. The minimum absolute atomic E-state index is 0.168. The van der Waals surface area contributed by atoms with Crippen LogP contribution >= 0.6 is 0 Å². The molecule has 0 fully saturated rings. The summed E-state index contributed by atoms with van der Waals surface area (Å²) in [4.78, 5) is 0. The Balaban J connectivity index is 2.28. The Bertz CT molecular complexity index is 388. The number of hydrogen-bond donors (Lipinski definition) is 1. The lowest BCUT2D eigenvalue weighted by molar-refractivity contribution is 0.564. The van der Waals surface area contributed by atoms with Crippen molar-refractivity contribution in [2.24, 2.45) is 7.05 Å². The Kier molecular flexibility index (Phi) is 1.99. The zero-order chi connectivity index (χ0) is 10.1. The van der Waals surface area contributed by atoms with Gasteiger partial charge in [-0.25, -0.2) is 0 Å². The first kappa shape index (κ1) is 8.80. The average Bonchev–Trinajstić information content (AvgIpc) is 2.73. The Morgan fingerprint density at radius 3 is 2.57 bits per heavy atom. The van der Waals surface area contributed by atoms with Gasteiger partial charge in [0, 0.05) is 25.0 Å². The average molecular weight is 191 g/mol. The highest BCUT2D eigenvalue weighted by atomic mass is 15.3. The lowest BCUT2D eigenvalue weighted by Crippen LogP contribution is -2.06. The van der Waals surface area contributed by atoms with Crippen LogP contribution in [-0.2, 0) is 7.05 Å². The molecule has 0 aliphatic carbocycles. The second-order valence-electron chi connectivity index (χ2n) is 3.38. The van der Waals surface area contributed by atoms with Crippen LogP contribution in [0.5, 0.6) is 0 Å². The highest BCUT2D eigenvalue weighted by Crippen LogP contribution is 2.16. The van der Waals surface area contributed by atoms with Gasteiger partial charge in [0.25, 0.3) is 0 Å². The van der Waals surface area contributed by atoms with Crippen molar-refractivity contribution in [1.29, 1.82) is 0 Å². The van der Waals surface area contributed by atoms with E-state index in [1.54, 1.807) is 10.9 Å². The molecule has 0 spiro atoms. The zero-order valence-electron chi connectivity index (χ0n) is 8.25. The molecule has 74 valence electrons. The minimum Gasteiger partial charge on any atom is -0.396 e. The van der Waals surface area contributed by atoms with E-state index in [4.69, 9.17) is 5.73 Å². The van der Waals surface area contributed by atoms with Gasteiger partial charge in [0.1, 0.15) is 0 Å². The van der Waals surface area contributed by atoms with Crippen LogP contribution in [-0.4, -0.2) is 19.6 Å². The van der Waals surface area contributed by atoms with Crippen molar-refractivity contribution in [1.82, 2.24) is 19.6 Å². The van der Waals surface area contributed by atoms with Gasteiger partial charge < -0.3 is 5.73 Å². The summed E-state index contributed by atoms with van der Waals surface area (Å²) in [5.41, 5.74) is 7.40. The molecule has 0 aliphatic rings. The summed E-state index contributed by atoms with van der Waals surface area (Å²) in [6, 6.07) is 0.168. The van der Waals surface area contributed by atoms with E-state index in [2.05, 4.69) is 17.1 Å². The molecule has 5 heteroatoms. The molecule has 2 aromatic heterocycles. The lowest BCUT2D eigenvalue weighted by Gasteiger charge is -2.08. The van der Waals surface area contributed by atoms with Crippen LogP contribution in [0, 0.1) is 0 Å². The predicted molar refractivity (Wildman–Crippen MR) is 53.7 cm³/mol. The molecule has 1 atom stereocenters. The number of aryl methyl sites for hydroxylation is 1. The van der Waals surface area contributed by atoms with E-state index in [0.29, 0.717) is 5.69 Å². The van der Waals surface area contributed by atoms with Gasteiger partial charge in [-0.05, 0) is 6.92 Å². The van der Waals surface area contributed by atoms with Gasteiger partial charge in [0.05, 0.1) is 24.1 Å². The fraction of sp³-hybridized carbons (Fsp3) is 0.333. The summed E-state index contributed by atoms with van der Waals surface area (Å²) in [6.45, 7) is 2.06. The molecule has 2 N–H and O–H groups in total. The summed E-state index contributed by atoms with van der Waals surface area (Å²) in [6.07, 6.45) is 7.27. The van der Waals surface area contributed by atoms with Gasteiger partial charge in [-0.3, -0.25) is 9.36 Å². The molecule has 14 heavy (non-hydrogen) atoms. The molecular formula is C9H13N5. The molecule has 2 rings (SSSR count). The Morgan fingerprint density at radius 1 is 1.29 bits per heavy atom. The van der Waals surface area contributed by atoms with Crippen LogP contribution < -0.4 is 5.73 Å². The molecule has 2 heterocycles. The monoisotopic (exact) mass is 191 g/mol. The molecule has 0 amide bonds. The van der Waals surface area contributed by atoms with Gasteiger partial charge in [0.15, 0.2) is 0 Å². The molecule has 0 saturated heterocycles. The van der Waals surface area contributed by atoms with Crippen molar-refractivity contribution in [3.63, 3.8) is 0 Å². The third-order valence-corrected chi connectivity index (χ3v) is 2.23. The number of aromatic nitrogens is 4. The lowest BCUT2D eigenvalue weighted by atomic mass is 10.2. The van der Waals surface area contributed by atoms with E-state index in [1.807, 2.05) is 30.3 Å². The quantitative estimate of drug-likeness (QED) is 0.764. The van der Waals surface area contributed by atoms with E-state index in [9.17, 15) is 0 Å². The maximum atomic E-state index is 5.60. The van der Waals surface area contributed by atoms with E-state index in [0.717, 1.165) is 5.56 Å². The van der Waals surface area contributed by atoms with Gasteiger partial charge >= 0.3 is 0 Å². The second kappa shape index (κ2) is 3.17. The Morgan fingerprint density at radius 2 is 2.07 bits per heavy atom. The fourth-order valence-electron chi connectivity index (χ4n) is 1.37. The third kappa shape index (κ3) is 1.48. The summed E-state index contributed by atoms with van der Waals surface area (Å²) in [5, 5.41) is 8.27. The van der Waals surface area contributed by atoms with Gasteiger partial charge in [-0.15, -0.1) is 0 Å². The van der Waals surface area contributed by atoms with Gasteiger partial charge in [-0.2, -0.15) is 10.2 Å². The molecule has 0 unspecified atom stereocenters. The van der Waals surface area contributed by atoms with Gasteiger partial charge in [-0.1, -0.05) is 0 Å². The van der Waals surface area contributed by atoms with E-state index < -0.39 is 0 Å². The summed E-state index contributed by atoms with van der Waals surface area (Å²) < 4.78 is 3.60. The molecule has 5 nitrogen and oxygen atoms in total. The highest BCUT2D eigenvalue weighted by Gasteiger charge is 2.09. The maximum Gasteiger partial charge on any atom is 0.0771 e. The highest BCUT2D eigenvalue weighted by molar-refractivity contribution is 5.31. The minimum atomic E-state index is 0.168. The molecule has 0 bridgehead atoms. The first-order valence-electron chi connectivity index (χ1n) is 4.45. The second-order valence-corrected chi connectivity index (χ2v) is 3.38.